The predicted octanol–water partition coefficient (Wildman–Crippen LogP) is 1.71. The summed E-state index contributed by atoms with van der Waals surface area (Å²) in [5.74, 6) is 0.0817. The molecule has 0 radical (unpaired) electrons. The maximum absolute atomic E-state index is 11.8. The van der Waals surface area contributed by atoms with Crippen molar-refractivity contribution in [3.63, 3.8) is 0 Å². The van der Waals surface area contributed by atoms with E-state index in [2.05, 4.69) is 36.4 Å². The molecule has 3 aromatic rings. The maximum atomic E-state index is 11.8. The van der Waals surface area contributed by atoms with Gasteiger partial charge in [-0.3, -0.25) is 9.59 Å². The van der Waals surface area contributed by atoms with Gasteiger partial charge in [-0.25, -0.2) is 0 Å². The normalized spacial score (nSPS) is 10.6. The van der Waals surface area contributed by atoms with Crippen molar-refractivity contribution in [2.45, 2.75) is 6.54 Å². The Balaban J connectivity index is 1.69. The third-order valence-corrected chi connectivity index (χ3v) is 3.15. The third kappa shape index (κ3) is 2.98. The fourth-order valence-corrected chi connectivity index (χ4v) is 2.02. The first-order valence-electron chi connectivity index (χ1n) is 6.17. The SMILES string of the molecule is O=C(NCc1nc(-c2ccc[nH]c2=O)no1)c1ccc(Br)o1. The minimum Gasteiger partial charge on any atom is -0.444 e. The molecule has 0 spiro atoms. The average Bonchev–Trinajstić information content (AvgIpc) is 3.14. The fourth-order valence-electron chi connectivity index (χ4n) is 1.71. The quantitative estimate of drug-likeness (QED) is 0.728. The number of halogens is 1. The zero-order valence-corrected chi connectivity index (χ0v) is 12.6. The molecule has 0 saturated carbocycles. The number of carbonyl (C=O) groups is 1. The highest BCUT2D eigenvalue weighted by Gasteiger charge is 2.14. The Morgan fingerprint density at radius 1 is 1.36 bits per heavy atom. The first-order valence-corrected chi connectivity index (χ1v) is 6.97. The highest BCUT2D eigenvalue weighted by Crippen LogP contribution is 2.14. The van der Waals surface area contributed by atoms with Crippen LogP contribution in [0.4, 0.5) is 0 Å². The summed E-state index contributed by atoms with van der Waals surface area (Å²) < 4.78 is 10.6. The summed E-state index contributed by atoms with van der Waals surface area (Å²) in [7, 11) is 0. The molecular weight excluding hydrogens is 356 g/mol. The number of hydrogen-bond acceptors (Lipinski definition) is 6. The molecule has 3 rings (SSSR count). The van der Waals surface area contributed by atoms with E-state index in [1.165, 1.54) is 12.3 Å². The molecule has 0 bridgehead atoms. The molecule has 9 heteroatoms. The van der Waals surface area contributed by atoms with Gasteiger partial charge in [0.2, 0.25) is 11.7 Å². The monoisotopic (exact) mass is 364 g/mol. The zero-order valence-electron chi connectivity index (χ0n) is 11.0. The zero-order chi connectivity index (χ0) is 15.5. The van der Waals surface area contributed by atoms with Gasteiger partial charge in [-0.1, -0.05) is 5.16 Å². The molecule has 8 nitrogen and oxygen atoms in total. The number of amides is 1. The molecule has 0 unspecified atom stereocenters. The van der Waals surface area contributed by atoms with E-state index in [0.29, 0.717) is 10.2 Å². The lowest BCUT2D eigenvalue weighted by Crippen LogP contribution is -2.22. The van der Waals surface area contributed by atoms with Crippen LogP contribution in [0.2, 0.25) is 0 Å². The van der Waals surface area contributed by atoms with Crippen molar-refractivity contribution >= 4 is 21.8 Å². The molecule has 0 aliphatic heterocycles. The first-order chi connectivity index (χ1) is 10.6. The van der Waals surface area contributed by atoms with Crippen LogP contribution in [0.1, 0.15) is 16.4 Å². The number of H-pyrrole nitrogens is 1. The summed E-state index contributed by atoms with van der Waals surface area (Å²) in [5.41, 5.74) is -0.0295. The smallest absolute Gasteiger partial charge is 0.287 e. The predicted molar refractivity (Wildman–Crippen MR) is 77.9 cm³/mol. The molecule has 22 heavy (non-hydrogen) atoms. The van der Waals surface area contributed by atoms with E-state index in [1.807, 2.05) is 0 Å². The summed E-state index contributed by atoms with van der Waals surface area (Å²) in [6.07, 6.45) is 1.51. The fraction of sp³-hybridized carbons (Fsp3) is 0.0769. The van der Waals surface area contributed by atoms with Crippen LogP contribution in [0.25, 0.3) is 11.4 Å². The standard InChI is InChI=1S/C13H9BrN4O4/c14-9-4-3-8(21-9)13(20)16-6-10-17-11(18-22-10)7-2-1-5-15-12(7)19/h1-5H,6H2,(H,15,19)(H,16,20). The van der Waals surface area contributed by atoms with Gasteiger partial charge in [0, 0.05) is 6.20 Å². The molecule has 0 aliphatic carbocycles. The number of nitrogens with zero attached hydrogens (tertiary/aromatic N) is 2. The van der Waals surface area contributed by atoms with Crippen LogP contribution in [-0.4, -0.2) is 21.0 Å². The second kappa shape index (κ2) is 5.98. The Bertz CT molecular complexity index is 867. The lowest BCUT2D eigenvalue weighted by Gasteiger charge is -1.97. The van der Waals surface area contributed by atoms with Gasteiger partial charge in [-0.05, 0) is 40.2 Å². The molecule has 112 valence electrons. The third-order valence-electron chi connectivity index (χ3n) is 2.72. The van der Waals surface area contributed by atoms with E-state index >= 15 is 0 Å². The van der Waals surface area contributed by atoms with E-state index in [9.17, 15) is 9.59 Å². The highest BCUT2D eigenvalue weighted by molar-refractivity contribution is 9.10. The van der Waals surface area contributed by atoms with Gasteiger partial charge in [-0.2, -0.15) is 4.98 Å². The Morgan fingerprint density at radius 2 is 2.23 bits per heavy atom. The number of pyridine rings is 1. The minimum atomic E-state index is -0.414. The van der Waals surface area contributed by atoms with E-state index in [1.54, 1.807) is 18.2 Å². The van der Waals surface area contributed by atoms with Gasteiger partial charge >= 0.3 is 0 Å². The van der Waals surface area contributed by atoms with Gasteiger partial charge < -0.3 is 19.2 Å². The molecule has 0 fully saturated rings. The lowest BCUT2D eigenvalue weighted by atomic mass is 10.3. The van der Waals surface area contributed by atoms with Crippen molar-refractivity contribution in [3.8, 4) is 11.4 Å². The minimum absolute atomic E-state index is 0.0227. The lowest BCUT2D eigenvalue weighted by molar-refractivity contribution is 0.0917. The van der Waals surface area contributed by atoms with Crippen LogP contribution in [0.5, 0.6) is 0 Å². The van der Waals surface area contributed by atoms with E-state index in [0.717, 1.165) is 0 Å². The Kier molecular flexibility index (Phi) is 3.88. The molecule has 0 saturated heterocycles. The molecule has 1 amide bonds. The molecule has 3 aromatic heterocycles. The van der Waals surface area contributed by atoms with Crippen molar-refractivity contribution in [1.82, 2.24) is 20.4 Å². The number of furan rings is 1. The topological polar surface area (TPSA) is 114 Å². The van der Waals surface area contributed by atoms with Crippen molar-refractivity contribution in [3.05, 3.63) is 57.1 Å². The van der Waals surface area contributed by atoms with Crippen LogP contribution in [0.15, 0.2) is 48.9 Å². The van der Waals surface area contributed by atoms with Crippen molar-refractivity contribution in [1.29, 1.82) is 0 Å². The van der Waals surface area contributed by atoms with E-state index < -0.39 is 5.91 Å². The van der Waals surface area contributed by atoms with E-state index in [-0.39, 0.29) is 29.6 Å². The average molecular weight is 365 g/mol. The summed E-state index contributed by atoms with van der Waals surface area (Å²) in [4.78, 5) is 30.0. The molecule has 0 atom stereocenters. The second-order valence-corrected chi connectivity index (χ2v) is 4.99. The number of hydrogen-bond donors (Lipinski definition) is 2. The molecule has 3 heterocycles. The van der Waals surface area contributed by atoms with Crippen LogP contribution in [-0.2, 0) is 6.54 Å². The summed E-state index contributed by atoms with van der Waals surface area (Å²) in [6, 6.07) is 6.37. The number of aromatic nitrogens is 3. The van der Waals surface area contributed by atoms with Crippen LogP contribution < -0.4 is 10.9 Å². The Hall–Kier alpha value is -2.68. The van der Waals surface area contributed by atoms with Gasteiger partial charge in [-0.15, -0.1) is 0 Å². The summed E-state index contributed by atoms with van der Waals surface area (Å²) >= 11 is 3.11. The van der Waals surface area contributed by atoms with Gasteiger partial charge in [0.25, 0.3) is 11.5 Å². The van der Waals surface area contributed by atoms with Gasteiger partial charge in [0.1, 0.15) is 0 Å². The molecular formula is C13H9BrN4O4. The Morgan fingerprint density at radius 3 is 2.95 bits per heavy atom. The second-order valence-electron chi connectivity index (χ2n) is 4.21. The van der Waals surface area contributed by atoms with Gasteiger partial charge in [0.15, 0.2) is 10.4 Å². The maximum Gasteiger partial charge on any atom is 0.287 e. The summed E-state index contributed by atoms with van der Waals surface area (Å²) in [6.45, 7) is 0.0227. The van der Waals surface area contributed by atoms with Crippen LogP contribution >= 0.6 is 15.9 Å². The van der Waals surface area contributed by atoms with Crippen molar-refractivity contribution in [2.24, 2.45) is 0 Å². The van der Waals surface area contributed by atoms with Crippen molar-refractivity contribution < 1.29 is 13.7 Å². The van der Waals surface area contributed by atoms with Crippen molar-refractivity contribution in [2.75, 3.05) is 0 Å². The molecule has 0 aromatic carbocycles. The largest absolute Gasteiger partial charge is 0.444 e. The first kappa shape index (κ1) is 14.3. The molecule has 2 N–H and O–H groups in total. The Labute approximate surface area is 131 Å². The highest BCUT2D eigenvalue weighted by atomic mass is 79.9. The number of aromatic amines is 1. The van der Waals surface area contributed by atoms with Gasteiger partial charge in [0.05, 0.1) is 12.1 Å². The van der Waals surface area contributed by atoms with Crippen LogP contribution in [0, 0.1) is 0 Å². The van der Waals surface area contributed by atoms with Crippen LogP contribution in [0.3, 0.4) is 0 Å². The molecule has 0 aliphatic rings. The summed E-state index contributed by atoms with van der Waals surface area (Å²) in [5, 5.41) is 6.29. The van der Waals surface area contributed by atoms with E-state index in [4.69, 9.17) is 8.94 Å². The number of rotatable bonds is 4. The number of nitrogens with one attached hydrogen (secondary N) is 2. The number of carbonyl (C=O) groups excluding carboxylic acids is 1.